The average molecular weight is 270 g/mol. The van der Waals surface area contributed by atoms with Gasteiger partial charge in [0.15, 0.2) is 5.78 Å². The van der Waals surface area contributed by atoms with E-state index in [9.17, 15) is 9.59 Å². The summed E-state index contributed by atoms with van der Waals surface area (Å²) in [6.45, 7) is 1.90. The fraction of sp³-hybridized carbons (Fsp3) is 0.125. The summed E-state index contributed by atoms with van der Waals surface area (Å²) in [5, 5.41) is -0.0671. The SMILES string of the molecule is Cc1ccccc1C(=O)CSC(=O)c1ccccc1. The third-order valence-electron chi connectivity index (χ3n) is 2.79. The number of benzene rings is 2. The molecule has 19 heavy (non-hydrogen) atoms. The van der Waals surface area contributed by atoms with Gasteiger partial charge < -0.3 is 0 Å². The van der Waals surface area contributed by atoms with E-state index < -0.39 is 0 Å². The number of hydrogen-bond donors (Lipinski definition) is 0. The molecule has 3 heteroatoms. The molecule has 0 saturated heterocycles. The minimum absolute atomic E-state index is 0.00705. The summed E-state index contributed by atoms with van der Waals surface area (Å²) in [4.78, 5) is 23.9. The van der Waals surface area contributed by atoms with E-state index in [2.05, 4.69) is 0 Å². The Morgan fingerprint density at radius 3 is 2.26 bits per heavy atom. The first-order valence-corrected chi connectivity index (χ1v) is 6.98. The van der Waals surface area contributed by atoms with Gasteiger partial charge in [0.05, 0.1) is 5.75 Å². The van der Waals surface area contributed by atoms with Gasteiger partial charge in [-0.3, -0.25) is 9.59 Å². The van der Waals surface area contributed by atoms with E-state index in [1.165, 1.54) is 0 Å². The zero-order valence-electron chi connectivity index (χ0n) is 10.6. The zero-order valence-corrected chi connectivity index (χ0v) is 11.4. The molecule has 0 heterocycles. The molecule has 0 aliphatic carbocycles. The molecule has 0 radical (unpaired) electrons. The van der Waals surface area contributed by atoms with E-state index in [-0.39, 0.29) is 16.7 Å². The van der Waals surface area contributed by atoms with Crippen LogP contribution < -0.4 is 0 Å². The van der Waals surface area contributed by atoms with E-state index in [0.717, 1.165) is 17.3 Å². The third-order valence-corrected chi connectivity index (χ3v) is 3.69. The molecule has 0 aliphatic rings. The number of Topliss-reactive ketones (excluding diaryl/α,β-unsaturated/α-hetero) is 1. The second-order valence-electron chi connectivity index (χ2n) is 4.18. The standard InChI is InChI=1S/C16H14O2S/c1-12-7-5-6-10-14(12)15(17)11-19-16(18)13-8-3-2-4-9-13/h2-10H,11H2,1H3. The molecule has 0 saturated carbocycles. The summed E-state index contributed by atoms with van der Waals surface area (Å²) in [5.41, 5.74) is 2.27. The quantitative estimate of drug-likeness (QED) is 0.793. The van der Waals surface area contributed by atoms with Gasteiger partial charge >= 0.3 is 0 Å². The molecule has 2 nitrogen and oxygen atoms in total. The highest BCUT2D eigenvalue weighted by Gasteiger charge is 2.12. The van der Waals surface area contributed by atoms with Crippen molar-refractivity contribution < 1.29 is 9.59 Å². The first-order valence-electron chi connectivity index (χ1n) is 5.99. The average Bonchev–Trinajstić information content (AvgIpc) is 2.46. The van der Waals surface area contributed by atoms with Crippen molar-refractivity contribution in [1.29, 1.82) is 0 Å². The fourth-order valence-corrected chi connectivity index (χ4v) is 2.47. The molecule has 0 unspecified atom stereocenters. The molecule has 96 valence electrons. The summed E-state index contributed by atoms with van der Waals surface area (Å²) in [7, 11) is 0. The highest BCUT2D eigenvalue weighted by Crippen LogP contribution is 2.16. The molecule has 0 amide bonds. The normalized spacial score (nSPS) is 10.2. The maximum Gasteiger partial charge on any atom is 0.219 e. The molecule has 0 fully saturated rings. The van der Waals surface area contributed by atoms with Crippen LogP contribution in [-0.2, 0) is 0 Å². The van der Waals surface area contributed by atoms with E-state index in [4.69, 9.17) is 0 Å². The summed E-state index contributed by atoms with van der Waals surface area (Å²) >= 11 is 1.05. The van der Waals surface area contributed by atoms with Gasteiger partial charge in [0.2, 0.25) is 5.12 Å². The van der Waals surface area contributed by atoms with Crippen molar-refractivity contribution in [3.63, 3.8) is 0 Å². The van der Waals surface area contributed by atoms with Crippen LogP contribution in [0.3, 0.4) is 0 Å². The molecule has 2 rings (SSSR count). The van der Waals surface area contributed by atoms with Crippen LogP contribution in [0.15, 0.2) is 54.6 Å². The van der Waals surface area contributed by atoms with Gasteiger partial charge in [-0.1, -0.05) is 66.4 Å². The molecule has 0 aromatic heterocycles. The van der Waals surface area contributed by atoms with E-state index in [1.807, 2.05) is 43.3 Å². The number of carbonyl (C=O) groups is 2. The number of ketones is 1. The van der Waals surface area contributed by atoms with Crippen molar-refractivity contribution in [3.05, 3.63) is 71.3 Å². The smallest absolute Gasteiger partial charge is 0.219 e. The van der Waals surface area contributed by atoms with Crippen LogP contribution in [0.1, 0.15) is 26.3 Å². The lowest BCUT2D eigenvalue weighted by Gasteiger charge is -2.04. The number of aryl methyl sites for hydroxylation is 1. The van der Waals surface area contributed by atoms with Crippen molar-refractivity contribution in [1.82, 2.24) is 0 Å². The second-order valence-corrected chi connectivity index (χ2v) is 5.13. The first kappa shape index (κ1) is 13.6. The van der Waals surface area contributed by atoms with E-state index in [0.29, 0.717) is 11.1 Å². The molecular formula is C16H14O2S. The van der Waals surface area contributed by atoms with E-state index in [1.54, 1.807) is 18.2 Å². The predicted octanol–water partition coefficient (Wildman–Crippen LogP) is 3.75. The molecule has 2 aromatic carbocycles. The number of hydrogen-bond acceptors (Lipinski definition) is 3. The van der Waals surface area contributed by atoms with Gasteiger partial charge in [-0.25, -0.2) is 0 Å². The molecule has 0 spiro atoms. The van der Waals surface area contributed by atoms with Gasteiger partial charge in [-0.15, -0.1) is 0 Å². The van der Waals surface area contributed by atoms with Crippen LogP contribution >= 0.6 is 11.8 Å². The molecule has 2 aromatic rings. The minimum atomic E-state index is -0.0671. The topological polar surface area (TPSA) is 34.1 Å². The van der Waals surface area contributed by atoms with Gasteiger partial charge in [-0.05, 0) is 12.5 Å². The highest BCUT2D eigenvalue weighted by molar-refractivity contribution is 8.14. The molecule has 0 atom stereocenters. The van der Waals surface area contributed by atoms with Crippen LogP contribution in [0.2, 0.25) is 0 Å². The summed E-state index contributed by atoms with van der Waals surface area (Å²) in [5.74, 6) is 0.172. The molecule has 0 N–H and O–H groups in total. The van der Waals surface area contributed by atoms with Gasteiger partial charge in [0, 0.05) is 11.1 Å². The molecular weight excluding hydrogens is 256 g/mol. The van der Waals surface area contributed by atoms with Crippen molar-refractivity contribution in [2.45, 2.75) is 6.92 Å². The van der Waals surface area contributed by atoms with E-state index >= 15 is 0 Å². The fourth-order valence-electron chi connectivity index (χ4n) is 1.75. The Labute approximate surface area is 116 Å². The lowest BCUT2D eigenvalue weighted by molar-refractivity contribution is 0.101. The predicted molar refractivity (Wildman–Crippen MR) is 78.7 cm³/mol. The lowest BCUT2D eigenvalue weighted by atomic mass is 10.1. The van der Waals surface area contributed by atoms with Crippen molar-refractivity contribution in [3.8, 4) is 0 Å². The lowest BCUT2D eigenvalue weighted by Crippen LogP contribution is -2.07. The molecule has 0 bridgehead atoms. The Hall–Kier alpha value is -1.87. The van der Waals surface area contributed by atoms with Crippen LogP contribution in [0.25, 0.3) is 0 Å². The van der Waals surface area contributed by atoms with Gasteiger partial charge in [0.1, 0.15) is 0 Å². The van der Waals surface area contributed by atoms with Gasteiger partial charge in [0.25, 0.3) is 0 Å². The number of rotatable bonds is 4. The molecule has 0 aliphatic heterocycles. The maximum absolute atomic E-state index is 12.0. The monoisotopic (exact) mass is 270 g/mol. The second kappa shape index (κ2) is 6.34. The Balaban J connectivity index is 1.98. The summed E-state index contributed by atoms with van der Waals surface area (Å²) < 4.78 is 0. The van der Waals surface area contributed by atoms with Crippen molar-refractivity contribution in [2.24, 2.45) is 0 Å². The third kappa shape index (κ3) is 3.55. The summed E-state index contributed by atoms with van der Waals surface area (Å²) in [6, 6.07) is 16.4. The van der Waals surface area contributed by atoms with Crippen LogP contribution in [-0.4, -0.2) is 16.7 Å². The Morgan fingerprint density at radius 1 is 0.947 bits per heavy atom. The van der Waals surface area contributed by atoms with Crippen LogP contribution in [0.4, 0.5) is 0 Å². The number of carbonyl (C=O) groups excluding carboxylic acids is 2. The largest absolute Gasteiger partial charge is 0.293 e. The zero-order chi connectivity index (χ0) is 13.7. The summed E-state index contributed by atoms with van der Waals surface area (Å²) in [6.07, 6.45) is 0. The van der Waals surface area contributed by atoms with Gasteiger partial charge in [-0.2, -0.15) is 0 Å². The first-order chi connectivity index (χ1) is 9.18. The minimum Gasteiger partial charge on any atom is -0.293 e. The van der Waals surface area contributed by atoms with Crippen LogP contribution in [0.5, 0.6) is 0 Å². The Bertz CT molecular complexity index is 591. The Kier molecular flexibility index (Phi) is 4.53. The van der Waals surface area contributed by atoms with Crippen LogP contribution in [0, 0.1) is 6.92 Å². The Morgan fingerprint density at radius 2 is 1.58 bits per heavy atom. The number of thioether (sulfide) groups is 1. The van der Waals surface area contributed by atoms with Crippen molar-refractivity contribution in [2.75, 3.05) is 5.75 Å². The van der Waals surface area contributed by atoms with Crippen molar-refractivity contribution >= 4 is 22.7 Å². The highest BCUT2D eigenvalue weighted by atomic mass is 32.2. The maximum atomic E-state index is 12.0.